The molecule has 104 valence electrons. The molecule has 0 aromatic heterocycles. The van der Waals surface area contributed by atoms with Gasteiger partial charge in [0.2, 0.25) is 0 Å². The Hall–Kier alpha value is -1.26. The predicted octanol–water partition coefficient (Wildman–Crippen LogP) is 1.33. The third-order valence-corrected chi connectivity index (χ3v) is 4.09. The molecule has 1 atom stereocenters. The minimum atomic E-state index is 0.570. The van der Waals surface area contributed by atoms with E-state index in [0.29, 0.717) is 6.04 Å². The number of likely N-dealkylation sites (N-methyl/N-ethyl adjacent to an activating group) is 1. The Bertz CT molecular complexity index is 435. The molecule has 1 fully saturated rings. The second-order valence-corrected chi connectivity index (χ2v) is 5.49. The second kappa shape index (κ2) is 5.80. The summed E-state index contributed by atoms with van der Waals surface area (Å²) in [5, 5.41) is 7.01. The van der Waals surface area contributed by atoms with Crippen molar-refractivity contribution >= 4 is 5.69 Å². The maximum Gasteiger partial charge on any atom is 0.122 e. The van der Waals surface area contributed by atoms with Gasteiger partial charge in [-0.2, -0.15) is 0 Å². The lowest BCUT2D eigenvalue weighted by atomic mass is 10.1. The minimum absolute atomic E-state index is 0.570. The highest BCUT2D eigenvalue weighted by Crippen LogP contribution is 2.27. The molecule has 0 bridgehead atoms. The van der Waals surface area contributed by atoms with Crippen LogP contribution in [0.25, 0.3) is 0 Å². The molecule has 0 amide bonds. The molecule has 4 nitrogen and oxygen atoms in total. The average Bonchev–Trinajstić information content (AvgIpc) is 2.46. The lowest BCUT2D eigenvalue weighted by molar-refractivity contribution is 0.209. The first-order chi connectivity index (χ1) is 9.33. The van der Waals surface area contributed by atoms with Crippen LogP contribution in [-0.2, 0) is 6.42 Å². The van der Waals surface area contributed by atoms with Crippen LogP contribution >= 0.6 is 0 Å². The van der Waals surface area contributed by atoms with Crippen molar-refractivity contribution < 1.29 is 4.74 Å². The van der Waals surface area contributed by atoms with Crippen LogP contribution in [-0.4, -0.2) is 50.8 Å². The first kappa shape index (κ1) is 12.8. The summed E-state index contributed by atoms with van der Waals surface area (Å²) in [7, 11) is 2.20. The number of nitrogens with zero attached hydrogens (tertiary/aromatic N) is 1. The van der Waals surface area contributed by atoms with E-state index in [1.54, 1.807) is 0 Å². The summed E-state index contributed by atoms with van der Waals surface area (Å²) in [5.41, 5.74) is 2.55. The van der Waals surface area contributed by atoms with Crippen LogP contribution in [0.3, 0.4) is 0 Å². The number of aryl methyl sites for hydroxylation is 1. The molecule has 2 heterocycles. The quantitative estimate of drug-likeness (QED) is 0.860. The maximum atomic E-state index is 5.64. The second-order valence-electron chi connectivity index (χ2n) is 5.49. The Morgan fingerprint density at radius 2 is 2.42 bits per heavy atom. The summed E-state index contributed by atoms with van der Waals surface area (Å²) in [6.45, 7) is 5.15. The number of piperazine rings is 1. The number of rotatable bonds is 3. The van der Waals surface area contributed by atoms with Crippen LogP contribution in [0.4, 0.5) is 5.69 Å². The molecule has 1 saturated heterocycles. The predicted molar refractivity (Wildman–Crippen MR) is 78.0 cm³/mol. The Labute approximate surface area is 115 Å². The zero-order valence-corrected chi connectivity index (χ0v) is 11.6. The zero-order valence-electron chi connectivity index (χ0n) is 11.6. The Kier molecular flexibility index (Phi) is 3.89. The van der Waals surface area contributed by atoms with Crippen molar-refractivity contribution in [2.24, 2.45) is 0 Å². The summed E-state index contributed by atoms with van der Waals surface area (Å²) in [4.78, 5) is 2.42. The number of benzene rings is 1. The lowest BCUT2D eigenvalue weighted by Gasteiger charge is -2.33. The van der Waals surface area contributed by atoms with Gasteiger partial charge in [-0.15, -0.1) is 0 Å². The van der Waals surface area contributed by atoms with Crippen molar-refractivity contribution in [3.05, 3.63) is 23.8 Å². The first-order valence-electron chi connectivity index (χ1n) is 7.23. The highest BCUT2D eigenvalue weighted by Gasteiger charge is 2.18. The van der Waals surface area contributed by atoms with E-state index >= 15 is 0 Å². The van der Waals surface area contributed by atoms with E-state index < -0.39 is 0 Å². The highest BCUT2D eigenvalue weighted by molar-refractivity contribution is 5.51. The van der Waals surface area contributed by atoms with Crippen molar-refractivity contribution in [1.82, 2.24) is 10.2 Å². The Morgan fingerprint density at radius 3 is 3.32 bits per heavy atom. The van der Waals surface area contributed by atoms with Crippen LogP contribution < -0.4 is 15.4 Å². The molecule has 2 N–H and O–H groups in total. The Balaban J connectivity index is 1.60. The monoisotopic (exact) mass is 261 g/mol. The summed E-state index contributed by atoms with van der Waals surface area (Å²) < 4.78 is 5.64. The molecule has 2 aliphatic rings. The molecule has 1 aromatic rings. The largest absolute Gasteiger partial charge is 0.493 e. The molecule has 19 heavy (non-hydrogen) atoms. The van der Waals surface area contributed by atoms with Crippen molar-refractivity contribution in [1.29, 1.82) is 0 Å². The molecule has 1 aromatic carbocycles. The van der Waals surface area contributed by atoms with E-state index in [4.69, 9.17) is 4.74 Å². The van der Waals surface area contributed by atoms with Gasteiger partial charge in [-0.1, -0.05) is 0 Å². The summed E-state index contributed by atoms with van der Waals surface area (Å²) in [6.07, 6.45) is 2.27. The molecule has 1 unspecified atom stereocenters. The van der Waals surface area contributed by atoms with Crippen molar-refractivity contribution in [2.75, 3.05) is 45.2 Å². The number of hydrogen-bond acceptors (Lipinski definition) is 4. The number of nitrogens with one attached hydrogen (secondary N) is 2. The van der Waals surface area contributed by atoms with Crippen LogP contribution in [0.2, 0.25) is 0 Å². The smallest absolute Gasteiger partial charge is 0.122 e. The minimum Gasteiger partial charge on any atom is -0.493 e. The molecular formula is C15H23N3O. The molecule has 0 saturated carbocycles. The molecule has 0 aliphatic carbocycles. The summed E-state index contributed by atoms with van der Waals surface area (Å²) >= 11 is 0. The number of ether oxygens (including phenoxy) is 1. The van der Waals surface area contributed by atoms with Crippen molar-refractivity contribution in [3.8, 4) is 5.75 Å². The van der Waals surface area contributed by atoms with Crippen molar-refractivity contribution in [2.45, 2.75) is 18.9 Å². The number of anilines is 1. The normalized spacial score (nSPS) is 23.5. The fourth-order valence-electron chi connectivity index (χ4n) is 2.80. The first-order valence-corrected chi connectivity index (χ1v) is 7.23. The van der Waals surface area contributed by atoms with Crippen LogP contribution in [0, 0.1) is 0 Å². The van der Waals surface area contributed by atoms with E-state index in [-0.39, 0.29) is 0 Å². The van der Waals surface area contributed by atoms with E-state index in [2.05, 4.69) is 40.8 Å². The topological polar surface area (TPSA) is 36.5 Å². The van der Waals surface area contributed by atoms with Crippen LogP contribution in [0.15, 0.2) is 18.2 Å². The molecule has 2 aliphatic heterocycles. The molecule has 4 heteroatoms. The fraction of sp³-hybridized carbons (Fsp3) is 0.600. The standard InChI is InChI=1S/C15H23N3O/c1-18-7-6-16-10-14(18)11-17-13-4-5-15-12(9-13)3-2-8-19-15/h4-5,9,14,16-17H,2-3,6-8,10-11H2,1H3. The lowest BCUT2D eigenvalue weighted by Crippen LogP contribution is -2.52. The molecular weight excluding hydrogens is 238 g/mol. The highest BCUT2D eigenvalue weighted by atomic mass is 16.5. The summed E-state index contributed by atoms with van der Waals surface area (Å²) in [5.74, 6) is 1.06. The Morgan fingerprint density at radius 1 is 1.47 bits per heavy atom. The SMILES string of the molecule is CN1CCNCC1CNc1ccc2c(c1)CCCO2. The maximum absolute atomic E-state index is 5.64. The van der Waals surface area contributed by atoms with Gasteiger partial charge < -0.3 is 15.4 Å². The van der Waals surface area contributed by atoms with Gasteiger partial charge in [-0.05, 0) is 43.7 Å². The van der Waals surface area contributed by atoms with E-state index in [1.165, 1.54) is 11.3 Å². The third-order valence-electron chi connectivity index (χ3n) is 4.09. The van der Waals surface area contributed by atoms with Gasteiger partial charge in [0.05, 0.1) is 6.61 Å². The van der Waals surface area contributed by atoms with Crippen molar-refractivity contribution in [3.63, 3.8) is 0 Å². The van der Waals surface area contributed by atoms with E-state index in [1.807, 2.05) is 0 Å². The average molecular weight is 261 g/mol. The summed E-state index contributed by atoms with van der Waals surface area (Å²) in [6, 6.07) is 7.03. The van der Waals surface area contributed by atoms with Gasteiger partial charge >= 0.3 is 0 Å². The van der Waals surface area contributed by atoms with Gasteiger partial charge in [0.15, 0.2) is 0 Å². The van der Waals surface area contributed by atoms with Gasteiger partial charge in [0, 0.05) is 37.9 Å². The van der Waals surface area contributed by atoms with Gasteiger partial charge in [0.25, 0.3) is 0 Å². The number of hydrogen-bond donors (Lipinski definition) is 2. The zero-order chi connectivity index (χ0) is 13.1. The van der Waals surface area contributed by atoms with E-state index in [0.717, 1.165) is 51.4 Å². The molecule has 0 radical (unpaired) electrons. The third kappa shape index (κ3) is 3.01. The van der Waals surface area contributed by atoms with Gasteiger partial charge in [-0.3, -0.25) is 4.90 Å². The fourth-order valence-corrected chi connectivity index (χ4v) is 2.80. The van der Waals surface area contributed by atoms with E-state index in [9.17, 15) is 0 Å². The molecule has 3 rings (SSSR count). The number of fused-ring (bicyclic) bond motifs is 1. The van der Waals surface area contributed by atoms with Gasteiger partial charge in [-0.25, -0.2) is 0 Å². The van der Waals surface area contributed by atoms with Crippen LogP contribution in [0.1, 0.15) is 12.0 Å². The van der Waals surface area contributed by atoms with Crippen LogP contribution in [0.5, 0.6) is 5.75 Å². The molecule has 0 spiro atoms. The van der Waals surface area contributed by atoms with Gasteiger partial charge in [0.1, 0.15) is 5.75 Å².